The van der Waals surface area contributed by atoms with Crippen LogP contribution in [0.4, 0.5) is 0 Å². The molecule has 0 aliphatic carbocycles. The average molecular weight is 436 g/mol. The molecule has 4 nitrogen and oxygen atoms in total. The van der Waals surface area contributed by atoms with Gasteiger partial charge >= 0.3 is 0 Å². The molecule has 6 heteroatoms. The van der Waals surface area contributed by atoms with E-state index in [9.17, 15) is 4.79 Å². The van der Waals surface area contributed by atoms with Gasteiger partial charge in [0.2, 0.25) is 0 Å². The number of hydrogen-bond donors (Lipinski definition) is 1. The van der Waals surface area contributed by atoms with E-state index >= 15 is 0 Å². The summed E-state index contributed by atoms with van der Waals surface area (Å²) < 4.78 is 1.53. The Morgan fingerprint density at radius 1 is 0.900 bits per heavy atom. The number of aliphatic imine (C=N–C) groups is 1. The molecule has 3 aromatic carbocycles. The third-order valence-electron chi connectivity index (χ3n) is 4.87. The van der Waals surface area contributed by atoms with Gasteiger partial charge in [-0.15, -0.1) is 0 Å². The van der Waals surface area contributed by atoms with Crippen LogP contribution in [-0.2, 0) is 0 Å². The number of nitrogens with one attached hydrogen (secondary N) is 1. The second kappa shape index (κ2) is 8.74. The Bertz CT molecular complexity index is 1260. The largest absolute Gasteiger partial charge is 0.295 e. The minimum absolute atomic E-state index is 0.167. The van der Waals surface area contributed by atoms with E-state index in [2.05, 4.69) is 5.10 Å². The van der Waals surface area contributed by atoms with Crippen molar-refractivity contribution in [3.05, 3.63) is 122 Å². The summed E-state index contributed by atoms with van der Waals surface area (Å²) in [5.41, 5.74) is 3.37. The molecule has 1 atom stereocenters. The molecule has 1 unspecified atom stereocenters. The monoisotopic (exact) mass is 435 g/mol. The number of aryl methyl sites for hydroxylation is 1. The Labute approximate surface area is 184 Å². The standard InChI is InChI=1S/C24H19Cl2N3O/c1-16-22(24(30)29(28-16)18-10-3-2-4-11-18)23(19-12-6-8-14-21(19)26)27-15-17-9-5-7-13-20(17)25/h2-15,23,28H,1H3. The number of para-hydroxylation sites is 1. The molecule has 1 N–H and O–H groups in total. The molecule has 1 heterocycles. The SMILES string of the molecule is Cc1[nH]n(-c2ccccc2)c(=O)c1C(N=Cc1ccccc1Cl)c1ccccc1Cl. The Hall–Kier alpha value is -3.08. The van der Waals surface area contributed by atoms with Crippen LogP contribution in [0.3, 0.4) is 0 Å². The lowest BCUT2D eigenvalue weighted by Crippen LogP contribution is -2.19. The van der Waals surface area contributed by atoms with Crippen molar-refractivity contribution in [2.75, 3.05) is 0 Å². The highest BCUT2D eigenvalue weighted by Crippen LogP contribution is 2.31. The minimum Gasteiger partial charge on any atom is -0.295 e. The maximum Gasteiger partial charge on any atom is 0.277 e. The zero-order valence-electron chi connectivity index (χ0n) is 16.2. The van der Waals surface area contributed by atoms with Crippen molar-refractivity contribution in [2.24, 2.45) is 4.99 Å². The van der Waals surface area contributed by atoms with E-state index < -0.39 is 6.04 Å². The van der Waals surface area contributed by atoms with E-state index in [1.807, 2.05) is 73.7 Å². The Kier molecular flexibility index (Phi) is 5.88. The zero-order chi connectivity index (χ0) is 21.1. The van der Waals surface area contributed by atoms with Crippen LogP contribution in [0.1, 0.15) is 28.4 Å². The molecule has 0 spiro atoms. The van der Waals surface area contributed by atoms with Crippen molar-refractivity contribution < 1.29 is 0 Å². The van der Waals surface area contributed by atoms with Gasteiger partial charge < -0.3 is 0 Å². The number of H-pyrrole nitrogens is 1. The van der Waals surface area contributed by atoms with Gasteiger partial charge in [-0.25, -0.2) is 4.68 Å². The van der Waals surface area contributed by atoms with E-state index in [-0.39, 0.29) is 5.56 Å². The number of benzene rings is 3. The Morgan fingerprint density at radius 2 is 1.53 bits per heavy atom. The summed E-state index contributed by atoms with van der Waals surface area (Å²) in [5.74, 6) is 0. The van der Waals surface area contributed by atoms with Crippen molar-refractivity contribution in [3.63, 3.8) is 0 Å². The van der Waals surface area contributed by atoms with E-state index in [1.54, 1.807) is 18.3 Å². The predicted molar refractivity (Wildman–Crippen MR) is 123 cm³/mol. The van der Waals surface area contributed by atoms with Crippen LogP contribution in [0.15, 0.2) is 88.6 Å². The molecule has 30 heavy (non-hydrogen) atoms. The first-order valence-corrected chi connectivity index (χ1v) is 10.2. The van der Waals surface area contributed by atoms with Crippen LogP contribution in [-0.4, -0.2) is 16.0 Å². The van der Waals surface area contributed by atoms with Crippen LogP contribution >= 0.6 is 23.2 Å². The van der Waals surface area contributed by atoms with Crippen molar-refractivity contribution in [1.29, 1.82) is 0 Å². The first-order chi connectivity index (χ1) is 14.6. The lowest BCUT2D eigenvalue weighted by molar-refractivity contribution is 0.828. The quantitative estimate of drug-likeness (QED) is 0.384. The fourth-order valence-corrected chi connectivity index (χ4v) is 3.81. The van der Waals surface area contributed by atoms with Crippen molar-refractivity contribution in [1.82, 2.24) is 9.78 Å². The van der Waals surface area contributed by atoms with Gasteiger partial charge in [0.25, 0.3) is 5.56 Å². The lowest BCUT2D eigenvalue weighted by atomic mass is 9.99. The molecule has 0 fully saturated rings. The topological polar surface area (TPSA) is 50.1 Å². The van der Waals surface area contributed by atoms with Crippen LogP contribution in [0.2, 0.25) is 10.0 Å². The summed E-state index contributed by atoms with van der Waals surface area (Å²) in [6.07, 6.45) is 1.69. The predicted octanol–water partition coefficient (Wildman–Crippen LogP) is 5.99. The first kappa shape index (κ1) is 20.2. The van der Waals surface area contributed by atoms with Crippen molar-refractivity contribution >= 4 is 29.4 Å². The number of halogens is 2. The fourth-order valence-electron chi connectivity index (χ4n) is 3.38. The molecule has 1 aromatic heterocycles. The Morgan fingerprint density at radius 3 is 2.23 bits per heavy atom. The van der Waals surface area contributed by atoms with Crippen LogP contribution in [0.25, 0.3) is 5.69 Å². The summed E-state index contributed by atoms with van der Waals surface area (Å²) in [5, 5.41) is 4.31. The molecule has 0 amide bonds. The maximum atomic E-state index is 13.4. The molecule has 150 valence electrons. The Balaban J connectivity index is 1.87. The number of hydrogen-bond acceptors (Lipinski definition) is 2. The number of aromatic amines is 1. The highest BCUT2D eigenvalue weighted by molar-refractivity contribution is 6.33. The molecule has 0 saturated heterocycles. The van der Waals surface area contributed by atoms with Gasteiger partial charge in [0.15, 0.2) is 0 Å². The fraction of sp³-hybridized carbons (Fsp3) is 0.0833. The molecule has 0 aliphatic rings. The number of nitrogens with zero attached hydrogens (tertiary/aromatic N) is 2. The molecular formula is C24H19Cl2N3O. The van der Waals surface area contributed by atoms with Gasteiger partial charge in [0.1, 0.15) is 6.04 Å². The number of rotatable bonds is 5. The highest BCUT2D eigenvalue weighted by atomic mass is 35.5. The second-order valence-corrected chi connectivity index (χ2v) is 7.66. The molecule has 0 aliphatic heterocycles. The molecule has 0 bridgehead atoms. The summed E-state index contributed by atoms with van der Waals surface area (Å²) in [7, 11) is 0. The van der Waals surface area contributed by atoms with E-state index in [1.165, 1.54) is 4.68 Å². The van der Waals surface area contributed by atoms with Crippen molar-refractivity contribution in [2.45, 2.75) is 13.0 Å². The lowest BCUT2D eigenvalue weighted by Gasteiger charge is -2.13. The molecule has 4 rings (SSSR count). The van der Waals surface area contributed by atoms with Gasteiger partial charge in [-0.3, -0.25) is 14.9 Å². The molecule has 0 radical (unpaired) electrons. The van der Waals surface area contributed by atoms with E-state index in [0.717, 1.165) is 22.5 Å². The van der Waals surface area contributed by atoms with Crippen LogP contribution in [0, 0.1) is 6.92 Å². The van der Waals surface area contributed by atoms with E-state index in [0.29, 0.717) is 15.6 Å². The summed E-state index contributed by atoms with van der Waals surface area (Å²) in [6.45, 7) is 1.87. The third-order valence-corrected chi connectivity index (χ3v) is 5.56. The first-order valence-electron chi connectivity index (χ1n) is 9.45. The average Bonchev–Trinajstić information content (AvgIpc) is 3.05. The summed E-state index contributed by atoms with van der Waals surface area (Å²) >= 11 is 12.8. The third kappa shape index (κ3) is 3.97. The number of aromatic nitrogens is 2. The normalized spacial score (nSPS) is 12.4. The van der Waals surface area contributed by atoms with Gasteiger partial charge in [-0.2, -0.15) is 0 Å². The van der Waals surface area contributed by atoms with Crippen LogP contribution in [0.5, 0.6) is 0 Å². The molecular weight excluding hydrogens is 417 g/mol. The summed E-state index contributed by atoms with van der Waals surface area (Å²) in [6, 6.07) is 23.7. The van der Waals surface area contributed by atoms with Gasteiger partial charge in [0, 0.05) is 27.5 Å². The molecule has 4 aromatic rings. The zero-order valence-corrected chi connectivity index (χ0v) is 17.7. The van der Waals surface area contributed by atoms with Gasteiger partial charge in [0.05, 0.1) is 11.3 Å². The summed E-state index contributed by atoms with van der Waals surface area (Å²) in [4.78, 5) is 18.1. The van der Waals surface area contributed by atoms with Crippen molar-refractivity contribution in [3.8, 4) is 5.69 Å². The maximum absolute atomic E-state index is 13.4. The molecule has 0 saturated carbocycles. The van der Waals surface area contributed by atoms with E-state index in [4.69, 9.17) is 28.2 Å². The minimum atomic E-state index is -0.580. The van der Waals surface area contributed by atoms with Gasteiger partial charge in [-0.05, 0) is 36.8 Å². The highest BCUT2D eigenvalue weighted by Gasteiger charge is 2.24. The smallest absolute Gasteiger partial charge is 0.277 e. The second-order valence-electron chi connectivity index (χ2n) is 6.85. The van der Waals surface area contributed by atoms with Crippen LogP contribution < -0.4 is 5.56 Å². The van der Waals surface area contributed by atoms with Gasteiger partial charge in [-0.1, -0.05) is 77.8 Å².